The summed E-state index contributed by atoms with van der Waals surface area (Å²) in [6.07, 6.45) is 3.58. The molecule has 0 atom stereocenters. The van der Waals surface area contributed by atoms with Gasteiger partial charge in [0.2, 0.25) is 0 Å². The quantitative estimate of drug-likeness (QED) is 0.648. The highest BCUT2D eigenvalue weighted by atomic mass is 19.1. The maximum Gasteiger partial charge on any atom is 0.123 e. The second kappa shape index (κ2) is 5.77. The highest BCUT2D eigenvalue weighted by Crippen LogP contribution is 2.20. The van der Waals surface area contributed by atoms with Crippen LogP contribution in [-0.4, -0.2) is 17.0 Å². The summed E-state index contributed by atoms with van der Waals surface area (Å²) in [5, 5.41) is 11.9. The van der Waals surface area contributed by atoms with Gasteiger partial charge in [-0.2, -0.15) is 0 Å². The zero-order valence-electron chi connectivity index (χ0n) is 9.60. The van der Waals surface area contributed by atoms with Gasteiger partial charge in [0.25, 0.3) is 0 Å². The van der Waals surface area contributed by atoms with Crippen LogP contribution in [0.2, 0.25) is 0 Å². The van der Waals surface area contributed by atoms with E-state index in [4.69, 9.17) is 9.94 Å². The Morgan fingerprint density at radius 2 is 1.88 bits per heavy atom. The van der Waals surface area contributed by atoms with Crippen molar-refractivity contribution in [3.63, 3.8) is 0 Å². The van der Waals surface area contributed by atoms with Gasteiger partial charge in [-0.15, -0.1) is 0 Å². The van der Waals surface area contributed by atoms with E-state index >= 15 is 0 Å². The molecule has 0 amide bonds. The Bertz CT molecular complexity index is 379. The largest absolute Gasteiger partial charge is 0.411 e. The van der Waals surface area contributed by atoms with Crippen molar-refractivity contribution >= 4 is 5.71 Å². The Balaban J connectivity index is 1.77. The van der Waals surface area contributed by atoms with Crippen molar-refractivity contribution in [1.82, 2.24) is 0 Å². The minimum absolute atomic E-state index is 0.213. The molecule has 1 aromatic carbocycles. The monoisotopic (exact) mass is 237 g/mol. The minimum atomic E-state index is -0.227. The first-order valence-corrected chi connectivity index (χ1v) is 5.84. The maximum absolute atomic E-state index is 12.7. The molecule has 3 nitrogen and oxygen atoms in total. The molecule has 0 aromatic heterocycles. The van der Waals surface area contributed by atoms with Gasteiger partial charge in [-0.3, -0.25) is 0 Å². The molecule has 2 rings (SSSR count). The molecule has 1 aromatic rings. The summed E-state index contributed by atoms with van der Waals surface area (Å²) in [5.41, 5.74) is 1.83. The smallest absolute Gasteiger partial charge is 0.123 e. The lowest BCUT2D eigenvalue weighted by Gasteiger charge is -2.22. The van der Waals surface area contributed by atoms with Crippen LogP contribution in [0.4, 0.5) is 4.39 Å². The third-order valence-electron chi connectivity index (χ3n) is 3.05. The molecular formula is C13H16FNO2. The average Bonchev–Trinajstić information content (AvgIpc) is 2.39. The lowest BCUT2D eigenvalue weighted by Crippen LogP contribution is -2.21. The summed E-state index contributed by atoms with van der Waals surface area (Å²) < 4.78 is 18.4. The number of rotatable bonds is 3. The summed E-state index contributed by atoms with van der Waals surface area (Å²) in [6.45, 7) is 0.510. The van der Waals surface area contributed by atoms with E-state index in [1.807, 2.05) is 0 Å². The van der Waals surface area contributed by atoms with Crippen molar-refractivity contribution < 1.29 is 14.3 Å². The number of oxime groups is 1. The van der Waals surface area contributed by atoms with Gasteiger partial charge in [0.05, 0.1) is 18.4 Å². The van der Waals surface area contributed by atoms with Gasteiger partial charge in [-0.05, 0) is 43.4 Å². The van der Waals surface area contributed by atoms with E-state index in [0.29, 0.717) is 6.61 Å². The normalized spacial score (nSPS) is 20.3. The third kappa shape index (κ3) is 3.53. The third-order valence-corrected chi connectivity index (χ3v) is 3.05. The first kappa shape index (κ1) is 12.0. The van der Waals surface area contributed by atoms with Crippen LogP contribution in [0.3, 0.4) is 0 Å². The highest BCUT2D eigenvalue weighted by molar-refractivity contribution is 5.84. The van der Waals surface area contributed by atoms with E-state index in [1.165, 1.54) is 12.1 Å². The van der Waals surface area contributed by atoms with Gasteiger partial charge in [0.15, 0.2) is 0 Å². The molecule has 0 aliphatic heterocycles. The molecule has 1 fully saturated rings. The highest BCUT2D eigenvalue weighted by Gasteiger charge is 2.18. The van der Waals surface area contributed by atoms with E-state index < -0.39 is 0 Å². The summed E-state index contributed by atoms with van der Waals surface area (Å²) in [7, 11) is 0. The van der Waals surface area contributed by atoms with Crippen LogP contribution in [0.25, 0.3) is 0 Å². The van der Waals surface area contributed by atoms with Crippen molar-refractivity contribution in [2.75, 3.05) is 0 Å². The maximum atomic E-state index is 12.7. The van der Waals surface area contributed by atoms with Crippen molar-refractivity contribution in [2.24, 2.45) is 5.16 Å². The molecule has 4 heteroatoms. The van der Waals surface area contributed by atoms with E-state index in [2.05, 4.69) is 5.16 Å². The number of halogens is 1. The van der Waals surface area contributed by atoms with E-state index in [-0.39, 0.29) is 11.9 Å². The fourth-order valence-corrected chi connectivity index (χ4v) is 1.99. The Kier molecular flexibility index (Phi) is 4.09. The molecule has 0 unspecified atom stereocenters. The molecule has 1 N–H and O–H groups in total. The van der Waals surface area contributed by atoms with Crippen molar-refractivity contribution in [3.05, 3.63) is 35.6 Å². The predicted octanol–water partition coefficient (Wildman–Crippen LogP) is 3.12. The minimum Gasteiger partial charge on any atom is -0.411 e. The molecule has 1 aliphatic carbocycles. The predicted molar refractivity (Wildman–Crippen MR) is 62.7 cm³/mol. The first-order valence-electron chi connectivity index (χ1n) is 5.84. The van der Waals surface area contributed by atoms with Crippen LogP contribution in [0.15, 0.2) is 29.4 Å². The molecule has 0 heterocycles. The van der Waals surface area contributed by atoms with Gasteiger partial charge in [0, 0.05) is 0 Å². The summed E-state index contributed by atoms with van der Waals surface area (Å²) in [4.78, 5) is 0. The Labute approximate surface area is 99.9 Å². The van der Waals surface area contributed by atoms with E-state index in [0.717, 1.165) is 37.0 Å². The number of hydrogen-bond donors (Lipinski definition) is 1. The van der Waals surface area contributed by atoms with E-state index in [1.54, 1.807) is 12.1 Å². The van der Waals surface area contributed by atoms with Crippen molar-refractivity contribution in [1.29, 1.82) is 0 Å². The van der Waals surface area contributed by atoms with Gasteiger partial charge < -0.3 is 9.94 Å². The molecule has 1 aliphatic rings. The molecule has 17 heavy (non-hydrogen) atoms. The average molecular weight is 237 g/mol. The van der Waals surface area contributed by atoms with Crippen LogP contribution < -0.4 is 0 Å². The van der Waals surface area contributed by atoms with Gasteiger partial charge in [0.1, 0.15) is 5.82 Å². The lowest BCUT2D eigenvalue weighted by molar-refractivity contribution is 0.0277. The second-order valence-electron chi connectivity index (χ2n) is 4.30. The fourth-order valence-electron chi connectivity index (χ4n) is 1.99. The summed E-state index contributed by atoms with van der Waals surface area (Å²) in [6, 6.07) is 6.35. The second-order valence-corrected chi connectivity index (χ2v) is 4.30. The number of ether oxygens (including phenoxy) is 1. The van der Waals surface area contributed by atoms with Gasteiger partial charge >= 0.3 is 0 Å². The molecule has 92 valence electrons. The SMILES string of the molecule is ON=C1CCC(OCc2ccc(F)cc2)CC1. The molecule has 1 saturated carbocycles. The fraction of sp³-hybridized carbons (Fsp3) is 0.462. The molecular weight excluding hydrogens is 221 g/mol. The molecule has 0 saturated heterocycles. The Hall–Kier alpha value is -1.42. The van der Waals surface area contributed by atoms with Crippen molar-refractivity contribution in [3.8, 4) is 0 Å². The molecule has 0 spiro atoms. The van der Waals surface area contributed by atoms with Crippen LogP contribution in [0.1, 0.15) is 31.2 Å². The van der Waals surface area contributed by atoms with Crippen LogP contribution in [0, 0.1) is 5.82 Å². The summed E-state index contributed by atoms with van der Waals surface area (Å²) >= 11 is 0. The van der Waals surface area contributed by atoms with Crippen LogP contribution in [0.5, 0.6) is 0 Å². The number of benzene rings is 1. The van der Waals surface area contributed by atoms with Crippen molar-refractivity contribution in [2.45, 2.75) is 38.4 Å². The summed E-state index contributed by atoms with van der Waals surface area (Å²) in [5.74, 6) is -0.227. The standard InChI is InChI=1S/C13H16FNO2/c14-11-3-1-10(2-4-11)9-17-13-7-5-12(15-16)6-8-13/h1-4,13,16H,5-9H2. The Morgan fingerprint density at radius 3 is 2.47 bits per heavy atom. The number of nitrogens with zero attached hydrogens (tertiary/aromatic N) is 1. The van der Waals surface area contributed by atoms with Gasteiger partial charge in [-0.25, -0.2) is 4.39 Å². The lowest BCUT2D eigenvalue weighted by atomic mass is 9.96. The van der Waals surface area contributed by atoms with Gasteiger partial charge in [-0.1, -0.05) is 17.3 Å². The molecule has 0 radical (unpaired) electrons. The topological polar surface area (TPSA) is 41.8 Å². The van der Waals surface area contributed by atoms with E-state index in [9.17, 15) is 4.39 Å². The zero-order valence-corrected chi connectivity index (χ0v) is 9.60. The van der Waals surface area contributed by atoms with Crippen LogP contribution in [-0.2, 0) is 11.3 Å². The Morgan fingerprint density at radius 1 is 1.24 bits per heavy atom. The zero-order chi connectivity index (χ0) is 12.1. The first-order chi connectivity index (χ1) is 8.28. The molecule has 0 bridgehead atoms. The van der Waals surface area contributed by atoms with Crippen LogP contribution >= 0.6 is 0 Å². The number of hydrogen-bond acceptors (Lipinski definition) is 3.